The van der Waals surface area contributed by atoms with Crippen molar-refractivity contribution >= 4 is 35.1 Å². The Kier molecular flexibility index (Phi) is 6.64. The summed E-state index contributed by atoms with van der Waals surface area (Å²) >= 11 is 12.0. The summed E-state index contributed by atoms with van der Waals surface area (Å²) in [7, 11) is 1.66. The van der Waals surface area contributed by atoms with E-state index in [1.54, 1.807) is 25.2 Å². The third-order valence-electron chi connectivity index (χ3n) is 3.43. The molecule has 0 saturated heterocycles. The normalized spacial score (nSPS) is 10.3. The Bertz CT molecular complexity index is 699. The highest BCUT2D eigenvalue weighted by Crippen LogP contribution is 2.24. The molecule has 2 aromatic rings. The number of hydrogen-bond acceptors (Lipinski definition) is 3. The van der Waals surface area contributed by atoms with E-state index >= 15 is 0 Å². The van der Waals surface area contributed by atoms with Crippen LogP contribution in [0.3, 0.4) is 0 Å². The Balaban J connectivity index is 1.84. The largest absolute Gasteiger partial charge is 0.455 e. The summed E-state index contributed by atoms with van der Waals surface area (Å²) in [6.07, 6.45) is -0.0752. The zero-order valence-corrected chi connectivity index (χ0v) is 14.7. The van der Waals surface area contributed by atoms with E-state index in [4.69, 9.17) is 27.9 Å². The molecule has 4 nitrogen and oxygen atoms in total. The fourth-order valence-electron chi connectivity index (χ4n) is 2.09. The minimum Gasteiger partial charge on any atom is -0.455 e. The van der Waals surface area contributed by atoms with Gasteiger partial charge in [-0.2, -0.15) is 0 Å². The Labute approximate surface area is 150 Å². The Morgan fingerprint density at radius 1 is 1.00 bits per heavy atom. The highest BCUT2D eigenvalue weighted by Gasteiger charge is 2.15. The number of nitrogens with zero attached hydrogens (tertiary/aromatic N) is 1. The van der Waals surface area contributed by atoms with Crippen molar-refractivity contribution in [2.75, 3.05) is 13.7 Å². The molecule has 126 valence electrons. The van der Waals surface area contributed by atoms with Gasteiger partial charge in [-0.15, -0.1) is 0 Å². The predicted molar refractivity (Wildman–Crippen MR) is 94.0 cm³/mol. The van der Waals surface area contributed by atoms with Gasteiger partial charge in [0.2, 0.25) is 0 Å². The van der Waals surface area contributed by atoms with Crippen LogP contribution in [0.4, 0.5) is 0 Å². The van der Waals surface area contributed by atoms with Gasteiger partial charge in [-0.1, -0.05) is 59.6 Å². The number of esters is 1. The zero-order valence-electron chi connectivity index (χ0n) is 13.2. The van der Waals surface area contributed by atoms with Crippen LogP contribution in [0, 0.1) is 0 Å². The maximum atomic E-state index is 12.0. The van der Waals surface area contributed by atoms with E-state index in [2.05, 4.69) is 0 Å². The second-order valence-electron chi connectivity index (χ2n) is 5.27. The first kappa shape index (κ1) is 18.3. The molecule has 0 atom stereocenters. The highest BCUT2D eigenvalue weighted by molar-refractivity contribution is 6.36. The van der Waals surface area contributed by atoms with Crippen LogP contribution in [0.1, 0.15) is 11.1 Å². The van der Waals surface area contributed by atoms with E-state index in [0.29, 0.717) is 22.2 Å². The summed E-state index contributed by atoms with van der Waals surface area (Å²) in [4.78, 5) is 25.4. The molecule has 0 aliphatic heterocycles. The summed E-state index contributed by atoms with van der Waals surface area (Å²) in [5.41, 5.74) is 1.50. The van der Waals surface area contributed by atoms with Crippen molar-refractivity contribution in [3.63, 3.8) is 0 Å². The van der Waals surface area contributed by atoms with Gasteiger partial charge in [0, 0.05) is 29.2 Å². The molecule has 0 N–H and O–H groups in total. The fraction of sp³-hybridized carbons (Fsp3) is 0.222. The number of benzene rings is 2. The molecule has 0 heterocycles. The molecule has 2 rings (SSSR count). The molecular formula is C18H17Cl2NO3. The first-order valence-electron chi connectivity index (χ1n) is 7.33. The van der Waals surface area contributed by atoms with Crippen LogP contribution in [-0.4, -0.2) is 30.4 Å². The van der Waals surface area contributed by atoms with E-state index in [-0.39, 0.29) is 18.9 Å². The molecule has 24 heavy (non-hydrogen) atoms. The van der Waals surface area contributed by atoms with E-state index in [1.165, 1.54) is 4.90 Å². The van der Waals surface area contributed by atoms with Crippen molar-refractivity contribution in [1.82, 2.24) is 4.90 Å². The molecule has 6 heteroatoms. The first-order chi connectivity index (χ1) is 11.5. The second-order valence-corrected chi connectivity index (χ2v) is 6.09. The van der Waals surface area contributed by atoms with E-state index in [0.717, 1.165) is 5.56 Å². The van der Waals surface area contributed by atoms with Crippen molar-refractivity contribution in [3.05, 3.63) is 69.7 Å². The summed E-state index contributed by atoms with van der Waals surface area (Å²) in [6.45, 7) is 0.137. The standard InChI is InChI=1S/C18H17Cl2NO3/c1-21(11-13-6-3-2-4-7-13)17(22)12-24-18(23)10-14-15(19)8-5-9-16(14)20/h2-9H,10-12H2,1H3. The van der Waals surface area contributed by atoms with Crippen molar-refractivity contribution in [2.24, 2.45) is 0 Å². The molecule has 1 amide bonds. The van der Waals surface area contributed by atoms with Gasteiger partial charge in [-0.25, -0.2) is 0 Å². The summed E-state index contributed by atoms with van der Waals surface area (Å²) in [5.74, 6) is -0.830. The summed E-state index contributed by atoms with van der Waals surface area (Å²) in [5, 5.41) is 0.791. The molecule has 0 unspecified atom stereocenters. The molecule has 0 bridgehead atoms. The second kappa shape index (κ2) is 8.71. The molecule has 0 aliphatic carbocycles. The Morgan fingerprint density at radius 3 is 2.25 bits per heavy atom. The lowest BCUT2D eigenvalue weighted by Crippen LogP contribution is -2.31. The van der Waals surface area contributed by atoms with Gasteiger partial charge in [-0.3, -0.25) is 9.59 Å². The van der Waals surface area contributed by atoms with E-state index < -0.39 is 5.97 Å². The third kappa shape index (κ3) is 5.25. The minimum absolute atomic E-state index is 0.0752. The zero-order chi connectivity index (χ0) is 17.5. The lowest BCUT2D eigenvalue weighted by molar-refractivity contribution is -0.151. The number of hydrogen-bond donors (Lipinski definition) is 0. The smallest absolute Gasteiger partial charge is 0.310 e. The van der Waals surface area contributed by atoms with Crippen LogP contribution >= 0.6 is 23.2 Å². The molecule has 0 radical (unpaired) electrons. The van der Waals surface area contributed by atoms with Gasteiger partial charge in [0.15, 0.2) is 6.61 Å². The van der Waals surface area contributed by atoms with Gasteiger partial charge in [0.05, 0.1) is 6.42 Å². The molecule has 0 aliphatic rings. The lowest BCUT2D eigenvalue weighted by Gasteiger charge is -2.17. The summed E-state index contributed by atoms with van der Waals surface area (Å²) in [6, 6.07) is 14.6. The number of amides is 1. The molecular weight excluding hydrogens is 349 g/mol. The number of likely N-dealkylation sites (N-methyl/N-ethyl adjacent to an activating group) is 1. The topological polar surface area (TPSA) is 46.6 Å². The molecule has 0 saturated carbocycles. The van der Waals surface area contributed by atoms with Crippen molar-refractivity contribution < 1.29 is 14.3 Å². The Hall–Kier alpha value is -2.04. The number of carbonyl (C=O) groups is 2. The Morgan fingerprint density at radius 2 is 1.62 bits per heavy atom. The van der Waals surface area contributed by atoms with Gasteiger partial charge in [-0.05, 0) is 17.7 Å². The number of halogens is 2. The van der Waals surface area contributed by atoms with Crippen LogP contribution in [0.5, 0.6) is 0 Å². The van der Waals surface area contributed by atoms with Gasteiger partial charge in [0.25, 0.3) is 5.91 Å². The van der Waals surface area contributed by atoms with Crippen molar-refractivity contribution in [3.8, 4) is 0 Å². The molecule has 0 spiro atoms. The highest BCUT2D eigenvalue weighted by atomic mass is 35.5. The van der Waals surface area contributed by atoms with Crippen LogP contribution in [0.25, 0.3) is 0 Å². The predicted octanol–water partition coefficient (Wildman–Crippen LogP) is 3.74. The molecule has 0 fully saturated rings. The van der Waals surface area contributed by atoms with Crippen LogP contribution in [0.15, 0.2) is 48.5 Å². The number of rotatable bonds is 6. The van der Waals surface area contributed by atoms with Gasteiger partial charge < -0.3 is 9.64 Å². The monoisotopic (exact) mass is 365 g/mol. The average molecular weight is 366 g/mol. The maximum Gasteiger partial charge on any atom is 0.310 e. The number of ether oxygens (including phenoxy) is 1. The van der Waals surface area contributed by atoms with Gasteiger partial charge in [0.1, 0.15) is 0 Å². The first-order valence-corrected chi connectivity index (χ1v) is 8.09. The van der Waals surface area contributed by atoms with E-state index in [9.17, 15) is 9.59 Å². The maximum absolute atomic E-state index is 12.0. The fourth-order valence-corrected chi connectivity index (χ4v) is 2.63. The number of carbonyl (C=O) groups excluding carboxylic acids is 2. The molecule has 2 aromatic carbocycles. The van der Waals surface area contributed by atoms with Crippen molar-refractivity contribution in [2.45, 2.75) is 13.0 Å². The van der Waals surface area contributed by atoms with E-state index in [1.807, 2.05) is 30.3 Å². The van der Waals surface area contributed by atoms with Crippen LogP contribution in [-0.2, 0) is 27.3 Å². The lowest BCUT2D eigenvalue weighted by atomic mass is 10.1. The molecule has 0 aromatic heterocycles. The summed E-state index contributed by atoms with van der Waals surface area (Å²) < 4.78 is 5.03. The van der Waals surface area contributed by atoms with Crippen LogP contribution < -0.4 is 0 Å². The van der Waals surface area contributed by atoms with Gasteiger partial charge >= 0.3 is 5.97 Å². The third-order valence-corrected chi connectivity index (χ3v) is 4.14. The van der Waals surface area contributed by atoms with Crippen molar-refractivity contribution in [1.29, 1.82) is 0 Å². The average Bonchev–Trinajstić information content (AvgIpc) is 2.57. The minimum atomic E-state index is -0.550. The SMILES string of the molecule is CN(Cc1ccccc1)C(=O)COC(=O)Cc1c(Cl)cccc1Cl. The quantitative estimate of drug-likeness (QED) is 0.732. The van der Waals surface area contributed by atoms with Crippen LogP contribution in [0.2, 0.25) is 10.0 Å².